The van der Waals surface area contributed by atoms with Crippen LogP contribution in [0.25, 0.3) is 0 Å². The molecule has 2 aliphatic rings. The molecule has 0 radical (unpaired) electrons. The van der Waals surface area contributed by atoms with Gasteiger partial charge in [0.25, 0.3) is 0 Å². The molecule has 1 saturated heterocycles. The van der Waals surface area contributed by atoms with Crippen LogP contribution in [0.1, 0.15) is 37.9 Å². The Labute approximate surface area is 154 Å². The Kier molecular flexibility index (Phi) is 5.80. The molecule has 0 spiro atoms. The van der Waals surface area contributed by atoms with E-state index in [4.69, 9.17) is 4.74 Å². The maximum atomic E-state index is 12.7. The molecule has 0 bridgehead atoms. The van der Waals surface area contributed by atoms with Crippen LogP contribution in [0, 0.1) is 12.8 Å². The fourth-order valence-corrected chi connectivity index (χ4v) is 3.47. The minimum Gasteiger partial charge on any atom is -0.375 e. The zero-order chi connectivity index (χ0) is 18.7. The Morgan fingerprint density at radius 3 is 2.65 bits per heavy atom. The lowest BCUT2D eigenvalue weighted by Gasteiger charge is -2.23. The first-order valence-electron chi connectivity index (χ1n) is 9.38. The van der Waals surface area contributed by atoms with Crippen LogP contribution < -0.4 is 5.32 Å². The van der Waals surface area contributed by atoms with Gasteiger partial charge in [-0.3, -0.25) is 10.1 Å². The van der Waals surface area contributed by atoms with E-state index < -0.39 is 0 Å². The number of aromatic nitrogens is 2. The largest absolute Gasteiger partial charge is 0.375 e. The van der Waals surface area contributed by atoms with Crippen LogP contribution in [0.4, 0.5) is 10.6 Å². The number of anilines is 1. The van der Waals surface area contributed by atoms with Crippen molar-refractivity contribution in [2.24, 2.45) is 5.92 Å². The van der Waals surface area contributed by atoms with E-state index in [9.17, 15) is 9.59 Å². The Bertz CT molecular complexity index is 655. The third kappa shape index (κ3) is 4.35. The third-order valence-corrected chi connectivity index (χ3v) is 5.19. The van der Waals surface area contributed by atoms with E-state index in [1.165, 1.54) is 20.0 Å². The zero-order valence-corrected chi connectivity index (χ0v) is 15.9. The number of ether oxygens (including phenoxy) is 1. The fourth-order valence-electron chi connectivity index (χ4n) is 3.47. The van der Waals surface area contributed by atoms with Crippen LogP contribution >= 0.6 is 0 Å². The molecule has 144 valence electrons. The Hall–Kier alpha value is -2.09. The van der Waals surface area contributed by atoms with Gasteiger partial charge in [-0.1, -0.05) is 0 Å². The summed E-state index contributed by atoms with van der Waals surface area (Å²) in [5.74, 6) is 1.38. The molecule has 0 unspecified atom stereocenters. The first-order valence-corrected chi connectivity index (χ1v) is 9.38. The molecule has 3 amide bonds. The van der Waals surface area contributed by atoms with Crippen LogP contribution in [0.2, 0.25) is 0 Å². The van der Waals surface area contributed by atoms with Crippen LogP contribution in [0.3, 0.4) is 0 Å². The van der Waals surface area contributed by atoms with Crippen LogP contribution in [0.15, 0.2) is 6.07 Å². The number of methoxy groups -OCH3 is 1. The molecule has 1 aromatic rings. The molecule has 1 aromatic heterocycles. The average molecular weight is 363 g/mol. The van der Waals surface area contributed by atoms with Gasteiger partial charge in [0.2, 0.25) is 5.91 Å². The molecule has 1 atom stereocenters. The molecule has 26 heavy (non-hydrogen) atoms. The summed E-state index contributed by atoms with van der Waals surface area (Å²) in [4.78, 5) is 28.3. The normalized spacial score (nSPS) is 19.2. The summed E-state index contributed by atoms with van der Waals surface area (Å²) in [5.41, 5.74) is 0.903. The number of urea groups is 1. The van der Waals surface area contributed by atoms with Crippen LogP contribution in [-0.2, 0) is 9.53 Å². The number of hydrogen-bond acceptors (Lipinski definition) is 4. The van der Waals surface area contributed by atoms with E-state index in [1.54, 1.807) is 9.80 Å². The molecule has 1 aliphatic heterocycles. The van der Waals surface area contributed by atoms with Gasteiger partial charge in [0, 0.05) is 39.4 Å². The highest BCUT2D eigenvalue weighted by Gasteiger charge is 2.31. The van der Waals surface area contributed by atoms with E-state index in [0.29, 0.717) is 38.1 Å². The van der Waals surface area contributed by atoms with E-state index in [0.717, 1.165) is 17.9 Å². The molecule has 1 saturated carbocycles. The molecule has 1 N–H and O–H groups in total. The molecule has 8 heteroatoms. The van der Waals surface area contributed by atoms with Gasteiger partial charge in [0.05, 0.1) is 11.7 Å². The van der Waals surface area contributed by atoms with Crippen molar-refractivity contribution in [3.05, 3.63) is 11.8 Å². The lowest BCUT2D eigenvalue weighted by molar-refractivity contribution is -0.134. The summed E-state index contributed by atoms with van der Waals surface area (Å²) in [6.45, 7) is 6.53. The highest BCUT2D eigenvalue weighted by atomic mass is 16.5. The van der Waals surface area contributed by atoms with E-state index >= 15 is 0 Å². The van der Waals surface area contributed by atoms with Crippen molar-refractivity contribution in [1.29, 1.82) is 0 Å². The number of nitrogens with one attached hydrogen (secondary N) is 1. The Morgan fingerprint density at radius 1 is 1.27 bits per heavy atom. The number of amides is 3. The monoisotopic (exact) mass is 363 g/mol. The molecule has 1 aliphatic carbocycles. The quantitative estimate of drug-likeness (QED) is 0.866. The predicted octanol–water partition coefficient (Wildman–Crippen LogP) is 1.88. The van der Waals surface area contributed by atoms with Crippen LogP contribution in [0.5, 0.6) is 0 Å². The number of carbonyl (C=O) groups excluding carboxylic acids is 2. The van der Waals surface area contributed by atoms with Gasteiger partial charge in [-0.2, -0.15) is 5.10 Å². The minimum atomic E-state index is -0.129. The number of carbonyl (C=O) groups is 2. The van der Waals surface area contributed by atoms with E-state index in [-0.39, 0.29) is 18.5 Å². The van der Waals surface area contributed by atoms with Crippen molar-refractivity contribution in [2.45, 2.75) is 39.2 Å². The standard InChI is InChI=1S/C18H29N5O3/c1-13-11-16(23(20-13)14(2)15-5-6-15)19-18(25)22-8-4-7-21(9-10-22)17(24)12-26-3/h11,14-15H,4-10,12H2,1-3H3,(H,19,25)/t14-/m1/s1. The zero-order valence-electron chi connectivity index (χ0n) is 15.9. The van der Waals surface area contributed by atoms with Crippen molar-refractivity contribution in [3.63, 3.8) is 0 Å². The SMILES string of the molecule is COCC(=O)N1CCCN(C(=O)Nc2cc(C)nn2[C@H](C)C2CC2)CC1. The molecular weight excluding hydrogens is 334 g/mol. The smallest absolute Gasteiger partial charge is 0.323 e. The van der Waals surface area contributed by atoms with Gasteiger partial charge in [-0.15, -0.1) is 0 Å². The first kappa shape index (κ1) is 18.7. The third-order valence-electron chi connectivity index (χ3n) is 5.19. The molecule has 0 aromatic carbocycles. The van der Waals surface area contributed by atoms with Crippen molar-refractivity contribution >= 4 is 17.8 Å². The van der Waals surface area contributed by atoms with Gasteiger partial charge in [-0.05, 0) is 39.0 Å². The van der Waals surface area contributed by atoms with E-state index in [2.05, 4.69) is 17.3 Å². The maximum absolute atomic E-state index is 12.7. The highest BCUT2D eigenvalue weighted by Crippen LogP contribution is 2.40. The average Bonchev–Trinajstić information content (AvgIpc) is 3.41. The number of aryl methyl sites for hydroxylation is 1. The lowest BCUT2D eigenvalue weighted by Crippen LogP contribution is -2.40. The van der Waals surface area contributed by atoms with Gasteiger partial charge in [0.1, 0.15) is 12.4 Å². The summed E-state index contributed by atoms with van der Waals surface area (Å²) >= 11 is 0. The van der Waals surface area contributed by atoms with Gasteiger partial charge in [-0.25, -0.2) is 9.48 Å². The predicted molar refractivity (Wildman–Crippen MR) is 98.1 cm³/mol. The highest BCUT2D eigenvalue weighted by molar-refractivity contribution is 5.88. The maximum Gasteiger partial charge on any atom is 0.323 e. The van der Waals surface area contributed by atoms with Gasteiger partial charge in [0.15, 0.2) is 0 Å². The topological polar surface area (TPSA) is 79.7 Å². The van der Waals surface area contributed by atoms with Crippen molar-refractivity contribution in [1.82, 2.24) is 19.6 Å². The number of nitrogens with zero attached hydrogens (tertiary/aromatic N) is 4. The molecular formula is C18H29N5O3. The van der Waals surface area contributed by atoms with Crippen molar-refractivity contribution in [3.8, 4) is 0 Å². The van der Waals surface area contributed by atoms with Crippen molar-refractivity contribution < 1.29 is 14.3 Å². The van der Waals surface area contributed by atoms with Gasteiger partial charge >= 0.3 is 6.03 Å². The molecule has 8 nitrogen and oxygen atoms in total. The lowest BCUT2D eigenvalue weighted by atomic mass is 10.2. The summed E-state index contributed by atoms with van der Waals surface area (Å²) < 4.78 is 6.86. The van der Waals surface area contributed by atoms with Gasteiger partial charge < -0.3 is 14.5 Å². The second-order valence-corrected chi connectivity index (χ2v) is 7.28. The summed E-state index contributed by atoms with van der Waals surface area (Å²) in [6, 6.07) is 2.09. The molecule has 2 fully saturated rings. The molecule has 2 heterocycles. The minimum absolute atomic E-state index is 0.0262. The second-order valence-electron chi connectivity index (χ2n) is 7.28. The second kappa shape index (κ2) is 8.07. The Morgan fingerprint density at radius 2 is 1.96 bits per heavy atom. The first-order chi connectivity index (χ1) is 12.5. The Balaban J connectivity index is 1.61. The van der Waals surface area contributed by atoms with Crippen molar-refractivity contribution in [2.75, 3.05) is 45.2 Å². The summed E-state index contributed by atoms with van der Waals surface area (Å²) in [7, 11) is 1.52. The summed E-state index contributed by atoms with van der Waals surface area (Å²) in [5, 5.41) is 7.58. The molecule has 3 rings (SSSR count). The summed E-state index contributed by atoms with van der Waals surface area (Å²) in [6.07, 6.45) is 3.22. The van der Waals surface area contributed by atoms with E-state index in [1.807, 2.05) is 17.7 Å². The number of hydrogen-bond donors (Lipinski definition) is 1. The fraction of sp³-hybridized carbons (Fsp3) is 0.722. The number of rotatable bonds is 5. The van der Waals surface area contributed by atoms with Crippen LogP contribution in [-0.4, -0.2) is 71.4 Å².